The first-order chi connectivity index (χ1) is 8.65. The van der Waals surface area contributed by atoms with E-state index >= 15 is 0 Å². The molecule has 0 spiro atoms. The number of benzene rings is 2. The number of hydrogen-bond acceptors (Lipinski definition) is 3. The zero-order valence-corrected chi connectivity index (χ0v) is 9.17. The van der Waals surface area contributed by atoms with Crippen LogP contribution in [0, 0.1) is 15.9 Å². The molecule has 0 aromatic heterocycles. The average Bonchev–Trinajstić information content (AvgIpc) is 2.39. The van der Waals surface area contributed by atoms with Gasteiger partial charge in [0.15, 0.2) is 6.29 Å². The third-order valence-electron chi connectivity index (χ3n) is 2.56. The number of halogens is 1. The second-order valence-corrected chi connectivity index (χ2v) is 3.60. The zero-order valence-electron chi connectivity index (χ0n) is 9.17. The first-order valence-electron chi connectivity index (χ1n) is 5.12. The lowest BCUT2D eigenvalue weighted by Crippen LogP contribution is -1.99. The number of nitro benzene ring substituents is 1. The van der Waals surface area contributed by atoms with Gasteiger partial charge in [-0.1, -0.05) is 30.3 Å². The Hall–Kier alpha value is -2.56. The molecule has 0 amide bonds. The molecular weight excluding hydrogens is 237 g/mol. The van der Waals surface area contributed by atoms with E-state index in [9.17, 15) is 19.3 Å². The van der Waals surface area contributed by atoms with E-state index in [4.69, 9.17) is 0 Å². The normalized spacial score (nSPS) is 10.1. The molecule has 0 bridgehead atoms. The summed E-state index contributed by atoms with van der Waals surface area (Å²) in [5, 5.41) is 10.7. The summed E-state index contributed by atoms with van der Waals surface area (Å²) in [5.74, 6) is -0.870. The molecular formula is C13H8FNO3. The highest BCUT2D eigenvalue weighted by atomic mass is 19.1. The Kier molecular flexibility index (Phi) is 3.14. The van der Waals surface area contributed by atoms with Gasteiger partial charge in [-0.25, -0.2) is 4.39 Å². The highest BCUT2D eigenvalue weighted by Crippen LogP contribution is 2.29. The van der Waals surface area contributed by atoms with Gasteiger partial charge >= 0.3 is 0 Å². The molecule has 0 fully saturated rings. The molecule has 2 aromatic carbocycles. The van der Waals surface area contributed by atoms with Crippen LogP contribution in [0.2, 0.25) is 0 Å². The fourth-order valence-corrected chi connectivity index (χ4v) is 1.69. The summed E-state index contributed by atoms with van der Waals surface area (Å²) in [4.78, 5) is 20.7. The summed E-state index contributed by atoms with van der Waals surface area (Å²) >= 11 is 0. The van der Waals surface area contributed by atoms with Crippen LogP contribution in [0.15, 0.2) is 42.5 Å². The highest BCUT2D eigenvalue weighted by Gasteiger charge is 2.21. The van der Waals surface area contributed by atoms with Crippen LogP contribution in [-0.2, 0) is 0 Å². The summed E-state index contributed by atoms with van der Waals surface area (Å²) in [6.07, 6.45) is 0.167. The molecule has 0 aliphatic heterocycles. The molecule has 0 N–H and O–H groups in total. The third-order valence-corrected chi connectivity index (χ3v) is 2.56. The predicted octanol–water partition coefficient (Wildman–Crippen LogP) is 3.21. The number of hydrogen-bond donors (Lipinski definition) is 0. The second kappa shape index (κ2) is 4.75. The maximum absolute atomic E-state index is 14.0. The van der Waals surface area contributed by atoms with Gasteiger partial charge in [-0.05, 0) is 11.6 Å². The minimum Gasteiger partial charge on any atom is -0.298 e. The molecule has 0 heterocycles. The molecule has 2 rings (SSSR count). The van der Waals surface area contributed by atoms with Crippen molar-refractivity contribution in [3.05, 3.63) is 64.0 Å². The molecule has 0 saturated carbocycles. The molecule has 0 aliphatic carbocycles. The Bertz CT molecular complexity index is 611. The van der Waals surface area contributed by atoms with E-state index < -0.39 is 22.0 Å². The zero-order chi connectivity index (χ0) is 13.1. The minimum absolute atomic E-state index is 0.167. The van der Waals surface area contributed by atoms with Crippen molar-refractivity contribution in [3.8, 4) is 11.1 Å². The number of aldehydes is 1. The van der Waals surface area contributed by atoms with Crippen molar-refractivity contribution in [2.45, 2.75) is 0 Å². The third kappa shape index (κ3) is 1.98. The van der Waals surface area contributed by atoms with Gasteiger partial charge in [-0.3, -0.25) is 14.9 Å². The highest BCUT2D eigenvalue weighted by molar-refractivity contribution is 5.85. The van der Waals surface area contributed by atoms with E-state index in [0.717, 1.165) is 6.07 Å². The van der Waals surface area contributed by atoms with E-state index in [0.29, 0.717) is 5.56 Å². The molecule has 5 heteroatoms. The fourth-order valence-electron chi connectivity index (χ4n) is 1.69. The molecule has 90 valence electrons. The van der Waals surface area contributed by atoms with Crippen LogP contribution in [0.3, 0.4) is 0 Å². The Balaban J connectivity index is 2.66. The maximum Gasteiger partial charge on any atom is 0.282 e. The fraction of sp³-hybridized carbons (Fsp3) is 0. The summed E-state index contributed by atoms with van der Waals surface area (Å²) in [7, 11) is 0. The summed E-state index contributed by atoms with van der Waals surface area (Å²) in [6, 6.07) is 11.0. The van der Waals surface area contributed by atoms with Gasteiger partial charge in [-0.2, -0.15) is 0 Å². The molecule has 0 aliphatic rings. The summed E-state index contributed by atoms with van der Waals surface area (Å²) in [5.41, 5.74) is -0.320. The second-order valence-electron chi connectivity index (χ2n) is 3.60. The average molecular weight is 245 g/mol. The van der Waals surface area contributed by atoms with Crippen molar-refractivity contribution in [2.24, 2.45) is 0 Å². The van der Waals surface area contributed by atoms with Crippen LogP contribution in [0.5, 0.6) is 0 Å². The maximum atomic E-state index is 14.0. The van der Waals surface area contributed by atoms with Gasteiger partial charge < -0.3 is 0 Å². The van der Waals surface area contributed by atoms with Crippen LogP contribution in [0.1, 0.15) is 10.4 Å². The van der Waals surface area contributed by atoms with E-state index in [1.807, 2.05) is 0 Å². The van der Waals surface area contributed by atoms with Crippen LogP contribution in [-0.4, -0.2) is 11.2 Å². The van der Waals surface area contributed by atoms with Crippen molar-refractivity contribution < 1.29 is 14.1 Å². The molecule has 2 aromatic rings. The van der Waals surface area contributed by atoms with Crippen molar-refractivity contribution in [3.63, 3.8) is 0 Å². The minimum atomic E-state index is -0.870. The summed E-state index contributed by atoms with van der Waals surface area (Å²) in [6.45, 7) is 0. The number of carbonyl (C=O) groups is 1. The largest absolute Gasteiger partial charge is 0.298 e. The van der Waals surface area contributed by atoms with Crippen LogP contribution < -0.4 is 0 Å². The quantitative estimate of drug-likeness (QED) is 0.474. The van der Waals surface area contributed by atoms with Crippen LogP contribution in [0.25, 0.3) is 11.1 Å². The first kappa shape index (κ1) is 11.9. The lowest BCUT2D eigenvalue weighted by Gasteiger charge is -2.05. The number of nitrogens with zero attached hydrogens (tertiary/aromatic N) is 1. The molecule has 18 heavy (non-hydrogen) atoms. The Morgan fingerprint density at radius 2 is 1.78 bits per heavy atom. The van der Waals surface area contributed by atoms with Crippen LogP contribution >= 0.6 is 0 Å². The lowest BCUT2D eigenvalue weighted by molar-refractivity contribution is -0.385. The van der Waals surface area contributed by atoms with E-state index in [1.165, 1.54) is 6.07 Å². The van der Waals surface area contributed by atoms with Crippen molar-refractivity contribution in [1.82, 2.24) is 0 Å². The topological polar surface area (TPSA) is 60.2 Å². The van der Waals surface area contributed by atoms with Gasteiger partial charge in [0.25, 0.3) is 5.69 Å². The standard InChI is InChI=1S/C13H8FNO3/c14-13-10(9-4-2-1-3-5-9)6-7-12(15(17)18)11(13)8-16/h1-8H. The molecule has 0 radical (unpaired) electrons. The van der Waals surface area contributed by atoms with Crippen LogP contribution in [0.4, 0.5) is 10.1 Å². The van der Waals surface area contributed by atoms with E-state index in [1.54, 1.807) is 30.3 Å². The first-order valence-corrected chi connectivity index (χ1v) is 5.12. The van der Waals surface area contributed by atoms with Gasteiger partial charge in [0, 0.05) is 11.6 Å². The Morgan fingerprint density at radius 3 is 2.33 bits per heavy atom. The molecule has 0 saturated heterocycles. The van der Waals surface area contributed by atoms with E-state index in [2.05, 4.69) is 0 Å². The number of rotatable bonds is 3. The predicted molar refractivity (Wildman–Crippen MR) is 63.9 cm³/mol. The Labute approximate surface area is 102 Å². The number of carbonyl (C=O) groups excluding carboxylic acids is 1. The van der Waals surface area contributed by atoms with Crippen molar-refractivity contribution >= 4 is 12.0 Å². The van der Waals surface area contributed by atoms with Crippen molar-refractivity contribution in [2.75, 3.05) is 0 Å². The van der Waals surface area contributed by atoms with Gasteiger partial charge in [-0.15, -0.1) is 0 Å². The smallest absolute Gasteiger partial charge is 0.282 e. The molecule has 0 unspecified atom stereocenters. The van der Waals surface area contributed by atoms with Crippen molar-refractivity contribution in [1.29, 1.82) is 0 Å². The molecule has 4 nitrogen and oxygen atoms in total. The monoisotopic (exact) mass is 245 g/mol. The SMILES string of the molecule is O=Cc1c([N+](=O)[O-])ccc(-c2ccccc2)c1F. The lowest BCUT2D eigenvalue weighted by atomic mass is 10.0. The Morgan fingerprint density at radius 1 is 1.11 bits per heavy atom. The van der Waals surface area contributed by atoms with E-state index in [-0.39, 0.29) is 11.8 Å². The van der Waals surface area contributed by atoms with Gasteiger partial charge in [0.1, 0.15) is 11.4 Å². The van der Waals surface area contributed by atoms with Gasteiger partial charge in [0.05, 0.1) is 4.92 Å². The number of nitro groups is 1. The van der Waals surface area contributed by atoms with Gasteiger partial charge in [0.2, 0.25) is 0 Å². The molecule has 0 atom stereocenters. The summed E-state index contributed by atoms with van der Waals surface area (Å²) < 4.78 is 14.0.